The summed E-state index contributed by atoms with van der Waals surface area (Å²) < 4.78 is 11.4. The molecule has 2 aliphatic rings. The largest absolute Gasteiger partial charge is 0.488 e. The average molecular weight is 275 g/mol. The van der Waals surface area contributed by atoms with E-state index in [4.69, 9.17) is 15.2 Å². The zero-order valence-electron chi connectivity index (χ0n) is 12.1. The van der Waals surface area contributed by atoms with Crippen molar-refractivity contribution in [2.75, 3.05) is 19.8 Å². The predicted molar refractivity (Wildman–Crippen MR) is 80.1 cm³/mol. The zero-order chi connectivity index (χ0) is 13.8. The molecule has 2 N–H and O–H groups in total. The van der Waals surface area contributed by atoms with Crippen molar-refractivity contribution in [3.05, 3.63) is 29.8 Å². The number of nitrogens with two attached hydrogens (primary N) is 1. The van der Waals surface area contributed by atoms with E-state index in [1.807, 2.05) is 0 Å². The molecule has 3 nitrogen and oxygen atoms in total. The highest BCUT2D eigenvalue weighted by Gasteiger charge is 2.32. The minimum Gasteiger partial charge on any atom is -0.488 e. The van der Waals surface area contributed by atoms with Gasteiger partial charge in [0.2, 0.25) is 0 Å². The summed E-state index contributed by atoms with van der Waals surface area (Å²) in [5, 5.41) is 0. The maximum Gasteiger partial charge on any atom is 0.124 e. The van der Waals surface area contributed by atoms with Crippen LogP contribution in [0.1, 0.15) is 44.1 Å². The second kappa shape index (κ2) is 6.15. The molecule has 0 radical (unpaired) electrons. The third-order valence-corrected chi connectivity index (χ3v) is 4.84. The van der Waals surface area contributed by atoms with Crippen LogP contribution in [0.3, 0.4) is 0 Å². The Labute approximate surface area is 121 Å². The van der Waals surface area contributed by atoms with Gasteiger partial charge in [0.05, 0.1) is 13.2 Å². The third kappa shape index (κ3) is 2.84. The number of rotatable bonds is 4. The standard InChI is InChI=1S/C17H25NO2/c18-13-17(8-2-1-3-9-17)14-5-4-6-15(11-14)20-16-7-10-19-12-16/h4-6,11,16H,1-3,7-10,12-13,18H2. The molecule has 0 aromatic heterocycles. The molecule has 1 aromatic rings. The van der Waals surface area contributed by atoms with Crippen molar-refractivity contribution in [2.45, 2.75) is 50.0 Å². The molecule has 110 valence electrons. The van der Waals surface area contributed by atoms with Crippen molar-refractivity contribution >= 4 is 0 Å². The van der Waals surface area contributed by atoms with Gasteiger partial charge in [0.25, 0.3) is 0 Å². The molecule has 3 rings (SSSR count). The Morgan fingerprint density at radius 2 is 2.10 bits per heavy atom. The maximum atomic E-state index is 6.12. The fourth-order valence-corrected chi connectivity index (χ4v) is 3.54. The highest BCUT2D eigenvalue weighted by Crippen LogP contribution is 2.39. The Balaban J connectivity index is 1.78. The summed E-state index contributed by atoms with van der Waals surface area (Å²) in [7, 11) is 0. The quantitative estimate of drug-likeness (QED) is 0.918. The van der Waals surface area contributed by atoms with Gasteiger partial charge in [-0.25, -0.2) is 0 Å². The second-order valence-corrected chi connectivity index (χ2v) is 6.18. The minimum absolute atomic E-state index is 0.170. The van der Waals surface area contributed by atoms with Crippen molar-refractivity contribution in [1.29, 1.82) is 0 Å². The molecule has 1 saturated heterocycles. The topological polar surface area (TPSA) is 44.5 Å². The van der Waals surface area contributed by atoms with Crippen LogP contribution in [0.2, 0.25) is 0 Å². The van der Waals surface area contributed by atoms with Crippen molar-refractivity contribution in [1.82, 2.24) is 0 Å². The van der Waals surface area contributed by atoms with Crippen LogP contribution in [0.25, 0.3) is 0 Å². The van der Waals surface area contributed by atoms with Crippen molar-refractivity contribution in [2.24, 2.45) is 5.73 Å². The third-order valence-electron chi connectivity index (χ3n) is 4.84. The molecule has 20 heavy (non-hydrogen) atoms. The molecule has 1 unspecified atom stereocenters. The SMILES string of the molecule is NCC1(c2cccc(OC3CCOC3)c2)CCCCC1. The van der Waals surface area contributed by atoms with E-state index < -0.39 is 0 Å². The first-order valence-electron chi connectivity index (χ1n) is 7.87. The molecule has 1 aliphatic heterocycles. The summed E-state index contributed by atoms with van der Waals surface area (Å²) in [6.07, 6.45) is 7.55. The average Bonchev–Trinajstić information content (AvgIpc) is 3.01. The molecule has 1 aliphatic carbocycles. The van der Waals surface area contributed by atoms with Gasteiger partial charge >= 0.3 is 0 Å². The first-order valence-corrected chi connectivity index (χ1v) is 7.87. The van der Waals surface area contributed by atoms with Crippen LogP contribution in [0.15, 0.2) is 24.3 Å². The summed E-state index contributed by atoms with van der Waals surface area (Å²) in [6, 6.07) is 8.58. The summed E-state index contributed by atoms with van der Waals surface area (Å²) in [6.45, 7) is 2.27. The molecule has 2 fully saturated rings. The maximum absolute atomic E-state index is 6.12. The molecular formula is C17H25NO2. The van der Waals surface area contributed by atoms with Crippen LogP contribution < -0.4 is 10.5 Å². The minimum atomic E-state index is 0.170. The van der Waals surface area contributed by atoms with Gasteiger partial charge in [-0.15, -0.1) is 0 Å². The van der Waals surface area contributed by atoms with Crippen LogP contribution in [0.5, 0.6) is 5.75 Å². The number of ether oxygens (including phenoxy) is 2. The lowest BCUT2D eigenvalue weighted by molar-refractivity contribution is 0.141. The van der Waals surface area contributed by atoms with Gasteiger partial charge in [-0.2, -0.15) is 0 Å². The van der Waals surface area contributed by atoms with E-state index in [-0.39, 0.29) is 11.5 Å². The van der Waals surface area contributed by atoms with Gasteiger partial charge < -0.3 is 15.2 Å². The Morgan fingerprint density at radius 3 is 2.80 bits per heavy atom. The monoisotopic (exact) mass is 275 g/mol. The van der Waals surface area contributed by atoms with Crippen molar-refractivity contribution < 1.29 is 9.47 Å². The molecule has 1 heterocycles. The Morgan fingerprint density at radius 1 is 1.25 bits per heavy atom. The van der Waals surface area contributed by atoms with Gasteiger partial charge in [-0.05, 0) is 30.5 Å². The van der Waals surface area contributed by atoms with E-state index in [0.29, 0.717) is 6.61 Å². The number of hydrogen-bond acceptors (Lipinski definition) is 3. The van der Waals surface area contributed by atoms with Gasteiger partial charge in [0.1, 0.15) is 11.9 Å². The smallest absolute Gasteiger partial charge is 0.124 e. The summed E-state index contributed by atoms with van der Waals surface area (Å²) in [4.78, 5) is 0. The van der Waals surface area contributed by atoms with Gasteiger partial charge in [-0.3, -0.25) is 0 Å². The molecule has 1 saturated carbocycles. The normalized spacial score (nSPS) is 25.6. The van der Waals surface area contributed by atoms with Crippen LogP contribution >= 0.6 is 0 Å². The number of benzene rings is 1. The van der Waals surface area contributed by atoms with E-state index in [2.05, 4.69) is 24.3 Å². The first-order chi connectivity index (χ1) is 9.82. The summed E-state index contributed by atoms with van der Waals surface area (Å²) in [5.41, 5.74) is 7.65. The Hall–Kier alpha value is -1.06. The lowest BCUT2D eigenvalue weighted by atomic mass is 9.69. The number of hydrogen-bond donors (Lipinski definition) is 1. The lowest BCUT2D eigenvalue weighted by Gasteiger charge is -2.37. The van der Waals surface area contributed by atoms with Crippen LogP contribution in [0.4, 0.5) is 0 Å². The van der Waals surface area contributed by atoms with E-state index in [1.165, 1.54) is 37.7 Å². The molecule has 0 bridgehead atoms. The highest BCUT2D eigenvalue weighted by atomic mass is 16.5. The molecule has 0 amide bonds. The van der Waals surface area contributed by atoms with Gasteiger partial charge in [0.15, 0.2) is 0 Å². The molecular weight excluding hydrogens is 250 g/mol. The second-order valence-electron chi connectivity index (χ2n) is 6.18. The van der Waals surface area contributed by atoms with E-state index in [9.17, 15) is 0 Å². The van der Waals surface area contributed by atoms with Crippen molar-refractivity contribution in [3.8, 4) is 5.75 Å². The zero-order valence-corrected chi connectivity index (χ0v) is 12.1. The fraction of sp³-hybridized carbons (Fsp3) is 0.647. The van der Waals surface area contributed by atoms with Crippen LogP contribution in [-0.2, 0) is 10.2 Å². The summed E-state index contributed by atoms with van der Waals surface area (Å²) >= 11 is 0. The van der Waals surface area contributed by atoms with Crippen LogP contribution in [-0.4, -0.2) is 25.9 Å². The molecule has 1 aromatic carbocycles. The first kappa shape index (κ1) is 13.9. The van der Waals surface area contributed by atoms with E-state index in [1.54, 1.807) is 0 Å². The van der Waals surface area contributed by atoms with Crippen molar-refractivity contribution in [3.63, 3.8) is 0 Å². The predicted octanol–water partition coefficient (Wildman–Crippen LogP) is 3.01. The fourth-order valence-electron chi connectivity index (χ4n) is 3.54. The molecule has 1 atom stereocenters. The Kier molecular flexibility index (Phi) is 4.27. The van der Waals surface area contributed by atoms with Gasteiger partial charge in [0, 0.05) is 18.4 Å². The van der Waals surface area contributed by atoms with E-state index in [0.717, 1.165) is 25.3 Å². The lowest BCUT2D eigenvalue weighted by Crippen LogP contribution is -2.37. The summed E-state index contributed by atoms with van der Waals surface area (Å²) in [5.74, 6) is 0.969. The Bertz CT molecular complexity index is 434. The van der Waals surface area contributed by atoms with Crippen LogP contribution in [0, 0.1) is 0 Å². The highest BCUT2D eigenvalue weighted by molar-refractivity contribution is 5.35. The van der Waals surface area contributed by atoms with Gasteiger partial charge in [-0.1, -0.05) is 31.4 Å². The van der Waals surface area contributed by atoms with E-state index >= 15 is 0 Å². The molecule has 0 spiro atoms. The molecule has 3 heteroatoms.